The van der Waals surface area contributed by atoms with Crippen molar-refractivity contribution in [3.8, 4) is 5.75 Å². The summed E-state index contributed by atoms with van der Waals surface area (Å²) in [5.74, 6) is 0.412. The zero-order chi connectivity index (χ0) is 18.5. The van der Waals surface area contributed by atoms with Gasteiger partial charge in [-0.25, -0.2) is 0 Å². The van der Waals surface area contributed by atoms with Gasteiger partial charge < -0.3 is 14.5 Å². The predicted octanol–water partition coefficient (Wildman–Crippen LogP) is 2.73. The van der Waals surface area contributed by atoms with Crippen LogP contribution in [0.4, 0.5) is 0 Å². The fourth-order valence-corrected chi connectivity index (χ4v) is 3.24. The van der Waals surface area contributed by atoms with E-state index in [1.807, 2.05) is 0 Å². The third-order valence-electron chi connectivity index (χ3n) is 4.40. The van der Waals surface area contributed by atoms with Crippen LogP contribution >= 0.6 is 11.6 Å². The van der Waals surface area contributed by atoms with E-state index < -0.39 is 0 Å². The molecule has 0 saturated carbocycles. The number of carbonyl (C=O) groups excluding carboxylic acids is 2. The molecule has 0 unspecified atom stereocenters. The molecular weight excluding hydrogens is 354 g/mol. The molecule has 1 aliphatic heterocycles. The van der Waals surface area contributed by atoms with Crippen LogP contribution in [-0.4, -0.2) is 59.9 Å². The van der Waals surface area contributed by atoms with Crippen molar-refractivity contribution in [3.05, 3.63) is 58.9 Å². The van der Waals surface area contributed by atoms with Crippen LogP contribution in [0.5, 0.6) is 5.75 Å². The molecule has 1 aromatic carbocycles. The second kappa shape index (κ2) is 8.19. The van der Waals surface area contributed by atoms with Crippen LogP contribution in [0.1, 0.15) is 27.1 Å². The summed E-state index contributed by atoms with van der Waals surface area (Å²) in [6, 6.07) is 8.42. The normalized spacial score (nSPS) is 14.7. The first kappa shape index (κ1) is 18.2. The molecule has 2 heterocycles. The molecule has 1 fully saturated rings. The van der Waals surface area contributed by atoms with Crippen molar-refractivity contribution in [2.75, 3.05) is 33.3 Å². The van der Waals surface area contributed by atoms with Gasteiger partial charge in [-0.1, -0.05) is 11.6 Å². The molecule has 1 saturated heterocycles. The summed E-state index contributed by atoms with van der Waals surface area (Å²) < 4.78 is 5.12. The van der Waals surface area contributed by atoms with E-state index in [2.05, 4.69) is 4.98 Å². The first-order chi connectivity index (χ1) is 12.6. The Kier molecular flexibility index (Phi) is 5.73. The van der Waals surface area contributed by atoms with Crippen molar-refractivity contribution in [1.82, 2.24) is 14.8 Å². The molecule has 0 aliphatic carbocycles. The average Bonchev–Trinajstić information content (AvgIpc) is 2.93. The minimum Gasteiger partial charge on any atom is -0.495 e. The molecule has 2 aromatic rings. The number of carbonyl (C=O) groups is 2. The maximum Gasteiger partial charge on any atom is 0.254 e. The molecule has 7 heteroatoms. The largest absolute Gasteiger partial charge is 0.495 e. The van der Waals surface area contributed by atoms with E-state index in [1.54, 1.807) is 52.5 Å². The van der Waals surface area contributed by atoms with E-state index >= 15 is 0 Å². The summed E-state index contributed by atoms with van der Waals surface area (Å²) in [6.45, 7) is 2.20. The third-order valence-corrected chi connectivity index (χ3v) is 4.69. The molecule has 136 valence electrons. The monoisotopic (exact) mass is 373 g/mol. The summed E-state index contributed by atoms with van der Waals surface area (Å²) in [4.78, 5) is 32.8. The molecule has 0 N–H and O–H groups in total. The highest BCUT2D eigenvalue weighted by molar-refractivity contribution is 6.32. The number of hydrogen-bond donors (Lipinski definition) is 0. The Bertz CT molecular complexity index is 798. The van der Waals surface area contributed by atoms with E-state index in [-0.39, 0.29) is 11.8 Å². The van der Waals surface area contributed by atoms with Crippen molar-refractivity contribution >= 4 is 23.4 Å². The summed E-state index contributed by atoms with van der Waals surface area (Å²) in [7, 11) is 1.53. The lowest BCUT2D eigenvalue weighted by Gasteiger charge is -2.22. The van der Waals surface area contributed by atoms with Crippen LogP contribution in [0.25, 0.3) is 0 Å². The highest BCUT2D eigenvalue weighted by Gasteiger charge is 2.24. The zero-order valence-corrected chi connectivity index (χ0v) is 15.3. The average molecular weight is 374 g/mol. The van der Waals surface area contributed by atoms with Crippen molar-refractivity contribution in [2.24, 2.45) is 0 Å². The van der Waals surface area contributed by atoms with Crippen molar-refractivity contribution < 1.29 is 14.3 Å². The Morgan fingerprint density at radius 2 is 1.58 bits per heavy atom. The van der Waals surface area contributed by atoms with Gasteiger partial charge in [0.15, 0.2) is 0 Å². The number of benzene rings is 1. The van der Waals surface area contributed by atoms with Gasteiger partial charge in [0.25, 0.3) is 11.8 Å². The smallest absolute Gasteiger partial charge is 0.254 e. The first-order valence-electron chi connectivity index (χ1n) is 8.42. The van der Waals surface area contributed by atoms with Gasteiger partial charge in [-0.15, -0.1) is 0 Å². The Morgan fingerprint density at radius 1 is 0.962 bits per heavy atom. The molecule has 0 radical (unpaired) electrons. The maximum atomic E-state index is 12.8. The standard InChI is InChI=1S/C19H20ClN3O3/c1-26-17-4-3-15(13-16(17)20)19(25)23-10-2-9-22(11-12-23)18(24)14-5-7-21-8-6-14/h3-8,13H,2,9-12H2,1H3. The molecule has 0 atom stereocenters. The number of amides is 2. The van der Waals surface area contributed by atoms with Gasteiger partial charge in [0.1, 0.15) is 5.75 Å². The number of aromatic nitrogens is 1. The van der Waals surface area contributed by atoms with Crippen LogP contribution < -0.4 is 4.74 Å². The van der Waals surface area contributed by atoms with Gasteiger partial charge in [-0.3, -0.25) is 14.6 Å². The fourth-order valence-electron chi connectivity index (χ4n) is 2.98. The van der Waals surface area contributed by atoms with Crippen LogP contribution in [0.15, 0.2) is 42.7 Å². The number of hydrogen-bond acceptors (Lipinski definition) is 4. The number of methoxy groups -OCH3 is 1. The third kappa shape index (κ3) is 3.96. The van der Waals surface area contributed by atoms with Gasteiger partial charge in [0.05, 0.1) is 12.1 Å². The maximum absolute atomic E-state index is 12.8. The van der Waals surface area contributed by atoms with Gasteiger partial charge in [-0.05, 0) is 36.8 Å². The SMILES string of the molecule is COc1ccc(C(=O)N2CCCN(C(=O)c3ccncc3)CC2)cc1Cl. The quantitative estimate of drug-likeness (QED) is 0.829. The lowest BCUT2D eigenvalue weighted by Crippen LogP contribution is -2.37. The van der Waals surface area contributed by atoms with E-state index in [9.17, 15) is 9.59 Å². The molecule has 6 nitrogen and oxygen atoms in total. The number of ether oxygens (including phenoxy) is 1. The van der Waals surface area contributed by atoms with E-state index in [0.717, 1.165) is 6.42 Å². The van der Waals surface area contributed by atoms with E-state index in [0.29, 0.717) is 48.1 Å². The molecule has 1 aromatic heterocycles. The Balaban J connectivity index is 1.67. The number of halogens is 1. The topological polar surface area (TPSA) is 62.7 Å². The lowest BCUT2D eigenvalue weighted by molar-refractivity contribution is 0.0718. The summed E-state index contributed by atoms with van der Waals surface area (Å²) >= 11 is 6.12. The minimum atomic E-state index is -0.0900. The summed E-state index contributed by atoms with van der Waals surface area (Å²) in [5.41, 5.74) is 1.13. The fraction of sp³-hybridized carbons (Fsp3) is 0.316. The van der Waals surface area contributed by atoms with Crippen LogP contribution in [0.3, 0.4) is 0 Å². The zero-order valence-electron chi connectivity index (χ0n) is 14.5. The molecule has 26 heavy (non-hydrogen) atoms. The lowest BCUT2D eigenvalue weighted by atomic mass is 10.2. The van der Waals surface area contributed by atoms with Gasteiger partial charge >= 0.3 is 0 Å². The van der Waals surface area contributed by atoms with Gasteiger partial charge in [0.2, 0.25) is 0 Å². The van der Waals surface area contributed by atoms with Crippen molar-refractivity contribution in [3.63, 3.8) is 0 Å². The molecule has 0 spiro atoms. The first-order valence-corrected chi connectivity index (χ1v) is 8.80. The van der Waals surface area contributed by atoms with Gasteiger partial charge in [-0.2, -0.15) is 0 Å². The van der Waals surface area contributed by atoms with Crippen LogP contribution in [0, 0.1) is 0 Å². The number of rotatable bonds is 3. The Labute approximate surface area is 157 Å². The van der Waals surface area contributed by atoms with Crippen molar-refractivity contribution in [1.29, 1.82) is 0 Å². The second-order valence-electron chi connectivity index (χ2n) is 6.02. The van der Waals surface area contributed by atoms with Crippen molar-refractivity contribution in [2.45, 2.75) is 6.42 Å². The molecule has 0 bridgehead atoms. The minimum absolute atomic E-state index is 0.0332. The van der Waals surface area contributed by atoms with E-state index in [4.69, 9.17) is 16.3 Å². The van der Waals surface area contributed by atoms with Gasteiger partial charge in [0, 0.05) is 49.7 Å². The molecule has 1 aliphatic rings. The summed E-state index contributed by atoms with van der Waals surface area (Å²) in [5, 5.41) is 0.405. The number of pyridine rings is 1. The molecular formula is C19H20ClN3O3. The highest BCUT2D eigenvalue weighted by Crippen LogP contribution is 2.25. The van der Waals surface area contributed by atoms with Crippen LogP contribution in [-0.2, 0) is 0 Å². The second-order valence-corrected chi connectivity index (χ2v) is 6.43. The molecule has 3 rings (SSSR count). The summed E-state index contributed by atoms with van der Waals surface area (Å²) in [6.07, 6.45) is 3.94. The van der Waals surface area contributed by atoms with Crippen LogP contribution in [0.2, 0.25) is 5.02 Å². The Hall–Kier alpha value is -2.60. The number of nitrogens with zero attached hydrogens (tertiary/aromatic N) is 3. The van der Waals surface area contributed by atoms with E-state index in [1.165, 1.54) is 7.11 Å². The highest BCUT2D eigenvalue weighted by atomic mass is 35.5. The molecule has 2 amide bonds. The predicted molar refractivity (Wildman–Crippen MR) is 98.7 cm³/mol. The Morgan fingerprint density at radius 3 is 2.15 bits per heavy atom.